The normalized spacial score (nSPS) is 11.4. The van der Waals surface area contributed by atoms with Crippen LogP contribution in [0.1, 0.15) is 11.8 Å². The van der Waals surface area contributed by atoms with Crippen molar-refractivity contribution in [3.05, 3.63) is 22.4 Å². The Balaban J connectivity index is 2.45. The Bertz CT molecular complexity index is 312. The van der Waals surface area contributed by atoms with Crippen LogP contribution in [-0.4, -0.2) is 17.8 Å². The van der Waals surface area contributed by atoms with Crippen LogP contribution in [0.3, 0.4) is 0 Å². The average molecular weight is 252 g/mol. The second-order valence-electron chi connectivity index (χ2n) is 2.61. The number of rotatable bonds is 5. The number of carbonyl (C=O) groups excluding carboxylic acids is 1. The molecule has 1 rings (SSSR count). The van der Waals surface area contributed by atoms with E-state index >= 15 is 0 Å². The van der Waals surface area contributed by atoms with Crippen molar-refractivity contribution in [3.63, 3.8) is 0 Å². The van der Waals surface area contributed by atoms with Crippen molar-refractivity contribution in [2.24, 2.45) is 0 Å². The maximum atomic E-state index is 13.1. The van der Waals surface area contributed by atoms with Crippen LogP contribution >= 0.6 is 23.1 Å². The van der Waals surface area contributed by atoms with Crippen LogP contribution in [0.2, 0.25) is 0 Å². The van der Waals surface area contributed by atoms with Gasteiger partial charge in [-0.2, -0.15) is 8.78 Å². The molecule has 0 saturated heterocycles. The lowest BCUT2D eigenvalue weighted by Crippen LogP contribution is -2.27. The molecule has 0 aliphatic rings. The predicted molar refractivity (Wildman–Crippen MR) is 57.2 cm³/mol. The molecule has 0 saturated carbocycles. The molecule has 1 aromatic rings. The smallest absolute Gasteiger partial charge is 0.389 e. The molecule has 0 atom stereocenters. The molecular formula is C9H10F2O2S2. The zero-order valence-corrected chi connectivity index (χ0v) is 9.67. The van der Waals surface area contributed by atoms with E-state index in [1.807, 2.05) is 0 Å². The maximum absolute atomic E-state index is 13.1. The van der Waals surface area contributed by atoms with Gasteiger partial charge in [-0.25, -0.2) is 4.79 Å². The summed E-state index contributed by atoms with van der Waals surface area (Å²) in [5.41, 5.74) is 0. The second kappa shape index (κ2) is 5.46. The number of hydrogen-bond acceptors (Lipinski definition) is 4. The van der Waals surface area contributed by atoms with Gasteiger partial charge in [0.05, 0.1) is 6.61 Å². The standard InChI is InChI=1S/C9H10F2O2S2/c1-2-13-8(12)9(10,11)15-6-7-4-3-5-14-7/h3-5H,2,6H2,1H3. The molecule has 1 heterocycles. The van der Waals surface area contributed by atoms with Crippen molar-refractivity contribution in [2.75, 3.05) is 6.61 Å². The number of thioether (sulfide) groups is 1. The molecule has 0 aliphatic heterocycles. The van der Waals surface area contributed by atoms with Gasteiger partial charge in [-0.3, -0.25) is 0 Å². The van der Waals surface area contributed by atoms with E-state index in [0.29, 0.717) is 0 Å². The highest BCUT2D eigenvalue weighted by Crippen LogP contribution is 2.34. The maximum Gasteiger partial charge on any atom is 0.389 e. The number of thiophene rings is 1. The first kappa shape index (κ1) is 12.4. The van der Waals surface area contributed by atoms with E-state index < -0.39 is 11.2 Å². The highest BCUT2D eigenvalue weighted by molar-refractivity contribution is 8.00. The predicted octanol–water partition coefficient (Wildman–Crippen LogP) is 3.14. The fraction of sp³-hybridized carbons (Fsp3) is 0.444. The Morgan fingerprint density at radius 1 is 1.67 bits per heavy atom. The highest BCUT2D eigenvalue weighted by Gasteiger charge is 2.41. The minimum atomic E-state index is -3.46. The van der Waals surface area contributed by atoms with Gasteiger partial charge in [0.25, 0.3) is 0 Å². The average Bonchev–Trinajstić information content (AvgIpc) is 2.68. The van der Waals surface area contributed by atoms with Crippen molar-refractivity contribution in [2.45, 2.75) is 17.9 Å². The van der Waals surface area contributed by atoms with Crippen molar-refractivity contribution in [1.29, 1.82) is 0 Å². The molecule has 0 bridgehead atoms. The Kier molecular flexibility index (Phi) is 4.53. The van der Waals surface area contributed by atoms with Crippen LogP contribution in [-0.2, 0) is 15.3 Å². The molecule has 0 radical (unpaired) electrons. The van der Waals surface area contributed by atoms with E-state index in [1.54, 1.807) is 17.5 Å². The van der Waals surface area contributed by atoms with Gasteiger partial charge in [0.2, 0.25) is 0 Å². The largest absolute Gasteiger partial charge is 0.461 e. The molecule has 84 valence electrons. The zero-order chi connectivity index (χ0) is 11.3. The van der Waals surface area contributed by atoms with Gasteiger partial charge >= 0.3 is 11.2 Å². The van der Waals surface area contributed by atoms with E-state index in [1.165, 1.54) is 18.3 Å². The summed E-state index contributed by atoms with van der Waals surface area (Å²) in [6.45, 7) is 1.46. The molecule has 2 nitrogen and oxygen atoms in total. The van der Waals surface area contributed by atoms with Crippen molar-refractivity contribution < 1.29 is 18.3 Å². The number of ether oxygens (including phenoxy) is 1. The lowest BCUT2D eigenvalue weighted by atomic mass is 10.5. The minimum absolute atomic E-state index is 0.0337. The second-order valence-corrected chi connectivity index (χ2v) is 4.73. The van der Waals surface area contributed by atoms with Crippen molar-refractivity contribution >= 4 is 29.1 Å². The van der Waals surface area contributed by atoms with E-state index in [9.17, 15) is 13.6 Å². The van der Waals surface area contributed by atoms with E-state index in [0.717, 1.165) is 4.88 Å². The van der Waals surface area contributed by atoms with Crippen LogP contribution < -0.4 is 0 Å². The summed E-state index contributed by atoms with van der Waals surface area (Å²) in [7, 11) is 0. The molecule has 1 aromatic heterocycles. The van der Waals surface area contributed by atoms with Crippen molar-refractivity contribution in [1.82, 2.24) is 0 Å². The Morgan fingerprint density at radius 3 is 2.93 bits per heavy atom. The Hall–Kier alpha value is -0.620. The van der Waals surface area contributed by atoms with Gasteiger partial charge in [0.15, 0.2) is 0 Å². The molecular weight excluding hydrogens is 242 g/mol. The van der Waals surface area contributed by atoms with Gasteiger partial charge in [-0.15, -0.1) is 11.3 Å². The van der Waals surface area contributed by atoms with Crippen LogP contribution in [0, 0.1) is 0 Å². The highest BCUT2D eigenvalue weighted by atomic mass is 32.2. The van der Waals surface area contributed by atoms with Crippen LogP contribution in [0.4, 0.5) is 8.78 Å². The SMILES string of the molecule is CCOC(=O)C(F)(F)SCc1cccs1. The summed E-state index contributed by atoms with van der Waals surface area (Å²) in [5, 5.41) is -1.65. The first-order chi connectivity index (χ1) is 7.06. The van der Waals surface area contributed by atoms with Gasteiger partial charge in [-0.1, -0.05) is 17.8 Å². The number of esters is 1. The third-order valence-electron chi connectivity index (χ3n) is 1.49. The molecule has 15 heavy (non-hydrogen) atoms. The summed E-state index contributed by atoms with van der Waals surface area (Å²) in [4.78, 5) is 11.6. The molecule has 6 heteroatoms. The fourth-order valence-electron chi connectivity index (χ4n) is 0.831. The van der Waals surface area contributed by atoms with Gasteiger partial charge < -0.3 is 4.74 Å². The number of alkyl halides is 2. The third-order valence-corrected chi connectivity index (χ3v) is 3.53. The number of hydrogen-bond donors (Lipinski definition) is 0. The number of carbonyl (C=O) groups is 1. The van der Waals surface area contributed by atoms with Gasteiger partial charge in [0, 0.05) is 10.6 Å². The molecule has 0 spiro atoms. The Morgan fingerprint density at radius 2 is 2.40 bits per heavy atom. The molecule has 0 aromatic carbocycles. The first-order valence-corrected chi connectivity index (χ1v) is 6.14. The monoisotopic (exact) mass is 252 g/mol. The van der Waals surface area contributed by atoms with Gasteiger partial charge in [-0.05, 0) is 18.4 Å². The topological polar surface area (TPSA) is 26.3 Å². The molecule has 0 fully saturated rings. The van der Waals surface area contributed by atoms with Crippen LogP contribution in [0.25, 0.3) is 0 Å². The fourth-order valence-corrected chi connectivity index (χ4v) is 2.37. The summed E-state index contributed by atoms with van der Waals surface area (Å²) < 4.78 is 30.4. The summed E-state index contributed by atoms with van der Waals surface area (Å²) in [6.07, 6.45) is 0. The van der Waals surface area contributed by atoms with Crippen molar-refractivity contribution in [3.8, 4) is 0 Å². The zero-order valence-electron chi connectivity index (χ0n) is 8.04. The minimum Gasteiger partial charge on any atom is -0.461 e. The van der Waals surface area contributed by atoms with Crippen LogP contribution in [0.15, 0.2) is 17.5 Å². The molecule has 0 amide bonds. The summed E-state index contributed by atoms with van der Waals surface area (Å²) in [5.74, 6) is -1.35. The van der Waals surface area contributed by atoms with Crippen LogP contribution in [0.5, 0.6) is 0 Å². The number of halogens is 2. The summed E-state index contributed by atoms with van der Waals surface area (Å²) >= 11 is 1.67. The quantitative estimate of drug-likeness (QED) is 0.753. The molecule has 0 N–H and O–H groups in total. The van der Waals surface area contributed by atoms with E-state index in [-0.39, 0.29) is 24.1 Å². The lowest BCUT2D eigenvalue weighted by Gasteiger charge is -2.12. The molecule has 0 aliphatic carbocycles. The van der Waals surface area contributed by atoms with Gasteiger partial charge in [0.1, 0.15) is 0 Å². The van der Waals surface area contributed by atoms with E-state index in [2.05, 4.69) is 4.74 Å². The summed E-state index contributed by atoms with van der Waals surface area (Å²) in [6, 6.07) is 3.53. The Labute approximate surface area is 94.6 Å². The van der Waals surface area contributed by atoms with E-state index in [4.69, 9.17) is 0 Å². The lowest BCUT2D eigenvalue weighted by molar-refractivity contribution is -0.159. The third kappa shape index (κ3) is 3.79. The first-order valence-electron chi connectivity index (χ1n) is 4.27. The molecule has 0 unspecified atom stereocenters.